The summed E-state index contributed by atoms with van der Waals surface area (Å²) in [5.41, 5.74) is 4.17. The van der Waals surface area contributed by atoms with Gasteiger partial charge in [0.15, 0.2) is 0 Å². The number of rotatable bonds is 3. The molecule has 0 aromatic carbocycles. The Balaban J connectivity index is 1.14. The number of likely N-dealkylation sites (tertiary alicyclic amines) is 1. The van der Waals surface area contributed by atoms with Crippen molar-refractivity contribution >= 4 is 6.09 Å². The minimum atomic E-state index is -0.242. The second-order valence-electron chi connectivity index (χ2n) is 13.2. The minimum absolute atomic E-state index is 0.216. The lowest BCUT2D eigenvalue weighted by Gasteiger charge is -2.58. The van der Waals surface area contributed by atoms with E-state index >= 15 is 0 Å². The van der Waals surface area contributed by atoms with E-state index in [1.807, 2.05) is 25.8 Å². The summed E-state index contributed by atoms with van der Waals surface area (Å²) in [4.78, 5) is 17.4. The smallest absolute Gasteiger partial charge is 0.410 e. The van der Waals surface area contributed by atoms with Gasteiger partial charge >= 0.3 is 6.09 Å². The molecule has 1 saturated heterocycles. The summed E-state index contributed by atoms with van der Waals surface area (Å²) in [6.07, 6.45) is 12.6. The molecule has 0 N–H and O–H groups in total. The van der Waals surface area contributed by atoms with E-state index in [4.69, 9.17) is 9.26 Å². The monoisotopic (exact) mass is 495 g/mol. The van der Waals surface area contributed by atoms with Crippen molar-refractivity contribution in [2.75, 3.05) is 20.6 Å². The van der Waals surface area contributed by atoms with E-state index in [2.05, 4.69) is 37.0 Å². The first-order valence-electron chi connectivity index (χ1n) is 14.4. The van der Waals surface area contributed by atoms with Crippen LogP contribution in [-0.2, 0) is 11.3 Å². The summed E-state index contributed by atoms with van der Waals surface area (Å²) in [5, 5.41) is 3.97. The predicted octanol–water partition coefficient (Wildman–Crippen LogP) is 6.12. The van der Waals surface area contributed by atoms with Crippen LogP contribution >= 0.6 is 0 Å². The zero-order valence-electron chi connectivity index (χ0n) is 23.2. The first-order chi connectivity index (χ1) is 17.2. The number of nitrogens with zero attached hydrogens (tertiary/aromatic N) is 3. The van der Waals surface area contributed by atoms with Crippen molar-refractivity contribution in [3.8, 4) is 0 Å². The van der Waals surface area contributed by atoms with Gasteiger partial charge in [-0.1, -0.05) is 23.7 Å². The maximum atomic E-state index is 12.9. The van der Waals surface area contributed by atoms with Crippen molar-refractivity contribution in [3.63, 3.8) is 0 Å². The van der Waals surface area contributed by atoms with Crippen LogP contribution in [0, 0.1) is 48.3 Å². The van der Waals surface area contributed by atoms with Gasteiger partial charge in [-0.05, 0) is 114 Å². The highest BCUT2D eigenvalue weighted by Gasteiger charge is 2.64. The Morgan fingerprint density at radius 3 is 2.72 bits per heavy atom. The number of carbonyl (C=O) groups excluding carboxylic acids is 1. The van der Waals surface area contributed by atoms with Crippen LogP contribution < -0.4 is 0 Å². The number of hydrogen-bond donors (Lipinski definition) is 0. The Hall–Kier alpha value is -1.82. The number of ether oxygens (including phenoxy) is 1. The molecule has 3 saturated carbocycles. The standard InChI is InChI=1S/C30H45N3O3/c1-18-24(20(3)36-31-18)16-35-28(34)33(6)22-11-13-29(4)21(15-22)7-8-23-26(29)12-14-30-17-32(5)19(2)25(30)9-10-27(23)30/h7,19,22-23,25-27H,8-17H2,1-6H3/t19?,22-,23?,25+,26-,27-,29?,30?/m0/s1. The third-order valence-electron chi connectivity index (χ3n) is 12.0. The lowest BCUT2D eigenvalue weighted by Crippen LogP contribution is -2.53. The highest BCUT2D eigenvalue weighted by atomic mass is 16.6. The molecule has 198 valence electrons. The lowest BCUT2D eigenvalue weighted by molar-refractivity contribution is -0.0435. The average Bonchev–Trinajstić information content (AvgIpc) is 3.47. The third-order valence-corrected chi connectivity index (χ3v) is 12.0. The first-order valence-corrected chi connectivity index (χ1v) is 14.4. The highest BCUT2D eigenvalue weighted by Crippen LogP contribution is 2.68. The number of aromatic nitrogens is 1. The predicted molar refractivity (Wildman–Crippen MR) is 139 cm³/mol. The molecule has 1 aromatic rings. The number of aryl methyl sites for hydroxylation is 2. The van der Waals surface area contributed by atoms with Crippen LogP contribution in [0.2, 0.25) is 0 Å². The van der Waals surface area contributed by atoms with Gasteiger partial charge in [-0.25, -0.2) is 4.79 Å². The highest BCUT2D eigenvalue weighted by molar-refractivity contribution is 5.67. The number of hydrogen-bond acceptors (Lipinski definition) is 5. The fourth-order valence-electron chi connectivity index (χ4n) is 9.87. The second-order valence-corrected chi connectivity index (χ2v) is 13.2. The molecule has 36 heavy (non-hydrogen) atoms. The second kappa shape index (κ2) is 8.61. The molecule has 6 rings (SSSR count). The molecule has 6 nitrogen and oxygen atoms in total. The van der Waals surface area contributed by atoms with Crippen molar-refractivity contribution in [1.29, 1.82) is 0 Å². The molecule has 4 unspecified atom stereocenters. The van der Waals surface area contributed by atoms with Crippen molar-refractivity contribution in [3.05, 3.63) is 28.7 Å². The Bertz CT molecular complexity index is 1040. The molecule has 5 aliphatic rings. The summed E-state index contributed by atoms with van der Waals surface area (Å²) in [7, 11) is 4.27. The fraction of sp³-hybridized carbons (Fsp3) is 0.800. The van der Waals surface area contributed by atoms with Gasteiger partial charge in [-0.2, -0.15) is 0 Å². The van der Waals surface area contributed by atoms with Crippen LogP contribution in [0.3, 0.4) is 0 Å². The summed E-state index contributed by atoms with van der Waals surface area (Å²) < 4.78 is 10.9. The zero-order valence-corrected chi connectivity index (χ0v) is 23.2. The lowest BCUT2D eigenvalue weighted by atomic mass is 9.47. The molecule has 1 aliphatic heterocycles. The maximum absolute atomic E-state index is 12.9. The maximum Gasteiger partial charge on any atom is 0.410 e. The molecule has 4 aliphatic carbocycles. The average molecular weight is 496 g/mol. The van der Waals surface area contributed by atoms with Crippen molar-refractivity contribution in [2.45, 2.75) is 97.8 Å². The van der Waals surface area contributed by atoms with E-state index < -0.39 is 0 Å². The molecule has 2 heterocycles. The summed E-state index contributed by atoms with van der Waals surface area (Å²) in [6.45, 7) is 10.3. The summed E-state index contributed by atoms with van der Waals surface area (Å²) in [6, 6.07) is 0.966. The van der Waals surface area contributed by atoms with E-state index in [0.717, 1.165) is 59.6 Å². The zero-order chi connectivity index (χ0) is 25.4. The largest absolute Gasteiger partial charge is 0.444 e. The van der Waals surface area contributed by atoms with Gasteiger partial charge in [0.25, 0.3) is 0 Å². The molecule has 1 amide bonds. The molecule has 0 bridgehead atoms. The van der Waals surface area contributed by atoms with E-state index in [1.54, 1.807) is 5.57 Å². The number of carbonyl (C=O) groups is 1. The quantitative estimate of drug-likeness (QED) is 0.473. The number of allylic oxidation sites excluding steroid dienone is 1. The van der Waals surface area contributed by atoms with Gasteiger partial charge in [0.2, 0.25) is 0 Å². The van der Waals surface area contributed by atoms with Gasteiger partial charge in [0.1, 0.15) is 12.4 Å². The van der Waals surface area contributed by atoms with Crippen molar-refractivity contribution in [1.82, 2.24) is 15.0 Å². The summed E-state index contributed by atoms with van der Waals surface area (Å²) in [5.74, 6) is 4.20. The van der Waals surface area contributed by atoms with Gasteiger partial charge < -0.3 is 19.1 Å². The van der Waals surface area contributed by atoms with Crippen LogP contribution in [0.4, 0.5) is 4.79 Å². The van der Waals surface area contributed by atoms with E-state index in [1.165, 1.54) is 45.1 Å². The molecule has 4 fully saturated rings. The van der Waals surface area contributed by atoms with Crippen LogP contribution in [0.25, 0.3) is 0 Å². The van der Waals surface area contributed by atoms with Gasteiger partial charge in [-0.15, -0.1) is 0 Å². The van der Waals surface area contributed by atoms with Crippen molar-refractivity contribution in [2.24, 2.45) is 34.5 Å². The van der Waals surface area contributed by atoms with Crippen LogP contribution in [0.15, 0.2) is 16.2 Å². The minimum Gasteiger partial charge on any atom is -0.444 e. The first kappa shape index (κ1) is 24.5. The van der Waals surface area contributed by atoms with Crippen LogP contribution in [0.5, 0.6) is 0 Å². The Morgan fingerprint density at radius 2 is 1.97 bits per heavy atom. The molecular formula is C30H45N3O3. The van der Waals surface area contributed by atoms with Gasteiger partial charge in [0, 0.05) is 25.7 Å². The molecule has 8 atom stereocenters. The van der Waals surface area contributed by atoms with Crippen LogP contribution in [-0.4, -0.2) is 53.8 Å². The van der Waals surface area contributed by atoms with Gasteiger partial charge in [-0.3, -0.25) is 0 Å². The Kier molecular flexibility index (Phi) is 5.86. The number of amides is 1. The molecule has 0 radical (unpaired) electrons. The molecular weight excluding hydrogens is 450 g/mol. The SMILES string of the molecule is Cc1noc(C)c1COC(=O)N(C)[C@H]1CCC2(C)C(=CCC3[C@@H]2CCC24CN(C)C(C)[C@H]2CC[C@@H]34)C1. The third kappa shape index (κ3) is 3.45. The summed E-state index contributed by atoms with van der Waals surface area (Å²) >= 11 is 0. The molecule has 1 spiro atoms. The Morgan fingerprint density at radius 1 is 1.19 bits per heavy atom. The topological polar surface area (TPSA) is 58.8 Å². The van der Waals surface area contributed by atoms with Crippen LogP contribution in [0.1, 0.15) is 82.2 Å². The van der Waals surface area contributed by atoms with E-state index in [-0.39, 0.29) is 18.7 Å². The van der Waals surface area contributed by atoms with Crippen molar-refractivity contribution < 1.29 is 14.1 Å². The number of fused-ring (bicyclic) bond motifs is 4. The van der Waals surface area contributed by atoms with Gasteiger partial charge in [0.05, 0.1) is 11.3 Å². The fourth-order valence-corrected chi connectivity index (χ4v) is 9.87. The molecule has 6 heteroatoms. The van der Waals surface area contributed by atoms with E-state index in [0.29, 0.717) is 10.8 Å². The Labute approximate surface area is 216 Å². The normalized spacial score (nSPS) is 41.7. The van der Waals surface area contributed by atoms with E-state index in [9.17, 15) is 4.79 Å². The molecule has 1 aromatic heterocycles.